The molecule has 0 saturated heterocycles. The number of aliphatic imine (C=N–C) groups is 1. The molecule has 1 aliphatic heterocycles. The normalized spacial score (nSPS) is 31.9. The smallest absolute Gasteiger partial charge is 0.154 e. The van der Waals surface area contributed by atoms with Gasteiger partial charge in [-0.25, -0.2) is 4.99 Å². The largest absolute Gasteiger partial charge is 0.391 e. The highest BCUT2D eigenvalue weighted by molar-refractivity contribution is 8.14. The summed E-state index contributed by atoms with van der Waals surface area (Å²) >= 11 is 6.32. The van der Waals surface area contributed by atoms with Gasteiger partial charge in [-0.2, -0.15) is 0 Å². The van der Waals surface area contributed by atoms with Crippen LogP contribution < -0.4 is 11.5 Å². The van der Waals surface area contributed by atoms with Crippen LogP contribution in [0.1, 0.15) is 6.92 Å². The molecule has 0 fully saturated rings. The Bertz CT molecular complexity index is 201. The molecule has 0 bridgehead atoms. The molecule has 0 amide bonds. The van der Waals surface area contributed by atoms with Gasteiger partial charge in [0, 0.05) is 5.75 Å². The number of hydrogen-bond donors (Lipinski definition) is 2. The zero-order chi connectivity index (χ0) is 7.78. The molecule has 1 heterocycles. The van der Waals surface area contributed by atoms with Crippen LogP contribution in [0.5, 0.6) is 0 Å². The average Bonchev–Trinajstić information content (AvgIpc) is 2.13. The first-order valence-corrected chi connectivity index (χ1v) is 4.22. The first-order valence-electron chi connectivity index (χ1n) is 2.83. The van der Waals surface area contributed by atoms with E-state index in [2.05, 4.69) is 4.99 Å². The third-order valence-electron chi connectivity index (χ3n) is 1.39. The fraction of sp³-hybridized carbons (Fsp3) is 0.600. The predicted octanol–water partition coefficient (Wildman–Crippen LogP) is 0.0927. The number of nitrogens with zero attached hydrogens (tertiary/aromatic N) is 1. The fourth-order valence-corrected chi connectivity index (χ4v) is 1.77. The molecular formula is C5H9N3S2. The van der Waals surface area contributed by atoms with Crippen molar-refractivity contribution in [1.82, 2.24) is 0 Å². The van der Waals surface area contributed by atoms with Gasteiger partial charge < -0.3 is 11.5 Å². The van der Waals surface area contributed by atoms with E-state index in [1.165, 1.54) is 11.8 Å². The fourth-order valence-electron chi connectivity index (χ4n) is 0.648. The summed E-state index contributed by atoms with van der Waals surface area (Å²) < 4.78 is 0. The van der Waals surface area contributed by atoms with E-state index in [1.807, 2.05) is 6.92 Å². The van der Waals surface area contributed by atoms with Crippen LogP contribution in [-0.4, -0.2) is 21.4 Å². The van der Waals surface area contributed by atoms with E-state index >= 15 is 0 Å². The zero-order valence-corrected chi connectivity index (χ0v) is 7.26. The number of amidine groups is 1. The summed E-state index contributed by atoms with van der Waals surface area (Å²) in [5, 5.41) is 0.579. The third-order valence-corrected chi connectivity index (χ3v) is 2.92. The van der Waals surface area contributed by atoms with E-state index in [-0.39, 0.29) is 0 Å². The molecule has 1 unspecified atom stereocenters. The Kier molecular flexibility index (Phi) is 1.87. The molecule has 3 nitrogen and oxygen atoms in total. The van der Waals surface area contributed by atoms with Gasteiger partial charge in [0.05, 0.1) is 0 Å². The summed E-state index contributed by atoms with van der Waals surface area (Å²) in [5.74, 6) is 0.772. The number of rotatable bonds is 1. The van der Waals surface area contributed by atoms with Crippen LogP contribution >= 0.6 is 24.0 Å². The van der Waals surface area contributed by atoms with E-state index in [9.17, 15) is 0 Å². The quantitative estimate of drug-likeness (QED) is 0.554. The van der Waals surface area contributed by atoms with Crippen LogP contribution in [0.15, 0.2) is 4.99 Å². The van der Waals surface area contributed by atoms with E-state index in [4.69, 9.17) is 23.7 Å². The molecule has 56 valence electrons. The molecule has 0 radical (unpaired) electrons. The molecule has 1 atom stereocenters. The number of thiocarbonyl (C=S) groups is 1. The molecule has 0 aromatic carbocycles. The Morgan fingerprint density at radius 2 is 2.50 bits per heavy atom. The van der Waals surface area contributed by atoms with Crippen molar-refractivity contribution >= 4 is 34.1 Å². The molecular weight excluding hydrogens is 166 g/mol. The van der Waals surface area contributed by atoms with Gasteiger partial charge in [-0.3, -0.25) is 0 Å². The Labute approximate surface area is 69.3 Å². The van der Waals surface area contributed by atoms with Gasteiger partial charge in [0.15, 0.2) is 5.17 Å². The van der Waals surface area contributed by atoms with Gasteiger partial charge in [-0.15, -0.1) is 0 Å². The summed E-state index contributed by atoms with van der Waals surface area (Å²) in [5.41, 5.74) is 10.5. The van der Waals surface area contributed by atoms with Gasteiger partial charge in [-0.05, 0) is 6.92 Å². The second kappa shape index (κ2) is 2.39. The first-order chi connectivity index (χ1) is 4.54. The highest BCUT2D eigenvalue weighted by atomic mass is 32.2. The zero-order valence-electron chi connectivity index (χ0n) is 5.63. The lowest BCUT2D eigenvalue weighted by Crippen LogP contribution is -2.38. The summed E-state index contributed by atoms with van der Waals surface area (Å²) in [7, 11) is 0. The van der Waals surface area contributed by atoms with Crippen LogP contribution in [0.2, 0.25) is 0 Å². The minimum absolute atomic E-state index is 0.399. The number of hydrogen-bond acceptors (Lipinski definition) is 4. The first kappa shape index (κ1) is 7.81. The molecule has 1 rings (SSSR count). The molecule has 1 aliphatic rings. The Morgan fingerprint density at radius 3 is 2.70 bits per heavy atom. The minimum atomic E-state index is -0.399. The average molecular weight is 175 g/mol. The van der Waals surface area contributed by atoms with Crippen molar-refractivity contribution in [3.8, 4) is 0 Å². The lowest BCUT2D eigenvalue weighted by molar-refractivity contribution is 0.730. The molecule has 0 saturated carbocycles. The third kappa shape index (κ3) is 1.24. The van der Waals surface area contributed by atoms with Crippen LogP contribution in [0.4, 0.5) is 0 Å². The number of thioether (sulfide) groups is 1. The molecule has 10 heavy (non-hydrogen) atoms. The minimum Gasteiger partial charge on any atom is -0.391 e. The Morgan fingerprint density at radius 1 is 1.90 bits per heavy atom. The van der Waals surface area contributed by atoms with Gasteiger partial charge in [0.25, 0.3) is 0 Å². The second-order valence-electron chi connectivity index (χ2n) is 2.38. The lowest BCUT2D eigenvalue weighted by atomic mass is 10.1. The molecule has 0 aromatic rings. The van der Waals surface area contributed by atoms with Crippen LogP contribution in [0.3, 0.4) is 0 Å². The maximum Gasteiger partial charge on any atom is 0.154 e. The van der Waals surface area contributed by atoms with Crippen LogP contribution in [-0.2, 0) is 0 Å². The van der Waals surface area contributed by atoms with Crippen LogP contribution in [0, 0.1) is 0 Å². The molecule has 4 N–H and O–H groups in total. The number of nitrogens with two attached hydrogens (primary N) is 2. The molecule has 5 heteroatoms. The second-order valence-corrected chi connectivity index (χ2v) is 3.81. The van der Waals surface area contributed by atoms with E-state index in [0.717, 1.165) is 5.75 Å². The topological polar surface area (TPSA) is 64.4 Å². The van der Waals surface area contributed by atoms with Crippen molar-refractivity contribution < 1.29 is 0 Å². The maximum absolute atomic E-state index is 5.45. The summed E-state index contributed by atoms with van der Waals surface area (Å²) in [4.78, 5) is 4.53. The molecule has 0 aromatic heterocycles. The van der Waals surface area contributed by atoms with E-state index in [0.29, 0.717) is 10.2 Å². The van der Waals surface area contributed by atoms with Crippen molar-refractivity contribution in [3.05, 3.63) is 0 Å². The summed E-state index contributed by atoms with van der Waals surface area (Å²) in [6.45, 7) is 1.89. The Hall–Kier alpha value is -0.290. The highest BCUT2D eigenvalue weighted by Gasteiger charge is 2.32. The Balaban J connectivity index is 2.82. The molecule has 0 aliphatic carbocycles. The maximum atomic E-state index is 5.45. The van der Waals surface area contributed by atoms with Crippen molar-refractivity contribution in [2.24, 2.45) is 16.5 Å². The van der Waals surface area contributed by atoms with Gasteiger partial charge in [0.1, 0.15) is 10.5 Å². The SMILES string of the molecule is CC1(C(N)=S)CSC(N)=N1. The van der Waals surface area contributed by atoms with Gasteiger partial charge in [-0.1, -0.05) is 24.0 Å². The molecule has 0 spiro atoms. The predicted molar refractivity (Wildman–Crippen MR) is 49.3 cm³/mol. The van der Waals surface area contributed by atoms with Crippen molar-refractivity contribution in [2.45, 2.75) is 12.5 Å². The summed E-state index contributed by atoms with van der Waals surface area (Å²) in [6, 6.07) is 0. The highest BCUT2D eigenvalue weighted by Crippen LogP contribution is 2.25. The van der Waals surface area contributed by atoms with Gasteiger partial charge >= 0.3 is 0 Å². The van der Waals surface area contributed by atoms with Crippen LogP contribution in [0.25, 0.3) is 0 Å². The standard InChI is InChI=1S/C5H9N3S2/c1-5(3(6)9)2-10-4(7)8-5/h2H2,1H3,(H2,6,9)(H2,7,8). The van der Waals surface area contributed by atoms with Crippen molar-refractivity contribution in [1.29, 1.82) is 0 Å². The summed E-state index contributed by atoms with van der Waals surface area (Å²) in [6.07, 6.45) is 0. The van der Waals surface area contributed by atoms with Crippen molar-refractivity contribution in [3.63, 3.8) is 0 Å². The lowest BCUT2D eigenvalue weighted by Gasteiger charge is -2.16. The van der Waals surface area contributed by atoms with Crippen molar-refractivity contribution in [2.75, 3.05) is 5.75 Å². The van der Waals surface area contributed by atoms with E-state index in [1.54, 1.807) is 0 Å². The monoisotopic (exact) mass is 175 g/mol. The van der Waals surface area contributed by atoms with E-state index < -0.39 is 5.54 Å². The van der Waals surface area contributed by atoms with Gasteiger partial charge in [0.2, 0.25) is 0 Å².